The summed E-state index contributed by atoms with van der Waals surface area (Å²) in [6.07, 6.45) is -3.50. The summed E-state index contributed by atoms with van der Waals surface area (Å²) in [6.45, 7) is 6.44. The maximum Gasteiger partial charge on any atom is 0.437 e. The SMILES string of the molecule is Cc1ccc(C)c(C(O)C(=O)N2CCN(c3ccc(CC(=O)c4oc(N5CCC(c6ccccc6)CC5)nc4C(F)(F)F)cn3)CC2)c1. The monoisotopic (exact) mass is 661 g/mol. The number of aliphatic hydroxyl groups is 1. The molecule has 0 radical (unpaired) electrons. The van der Waals surface area contributed by atoms with Crippen LogP contribution in [0.4, 0.5) is 25.0 Å². The fourth-order valence-corrected chi connectivity index (χ4v) is 6.44. The van der Waals surface area contributed by atoms with Gasteiger partial charge in [0.25, 0.3) is 11.9 Å². The predicted octanol–water partition coefficient (Wildman–Crippen LogP) is 5.90. The highest BCUT2D eigenvalue weighted by molar-refractivity contribution is 5.96. The van der Waals surface area contributed by atoms with E-state index in [1.54, 1.807) is 21.9 Å². The van der Waals surface area contributed by atoms with Crippen molar-refractivity contribution in [3.05, 3.63) is 106 Å². The Hall–Kier alpha value is -4.71. The number of carbonyl (C=O) groups is 2. The third-order valence-electron chi connectivity index (χ3n) is 9.23. The molecule has 2 saturated heterocycles. The standard InChI is InChI=1S/C36H38F3N5O4/c1-23-8-9-24(2)28(20-23)31(46)34(47)43-18-16-42(17-19-43)30-11-10-25(22-40-30)21-29(45)32-33(36(37,38)39)41-35(48-32)44-14-12-27(13-15-44)26-6-4-3-5-7-26/h3-11,20,22,27,31,46H,12-19,21H2,1-2H3. The van der Waals surface area contributed by atoms with E-state index in [1.165, 1.54) is 11.8 Å². The maximum atomic E-state index is 14.0. The Kier molecular flexibility index (Phi) is 9.54. The van der Waals surface area contributed by atoms with Crippen molar-refractivity contribution in [2.24, 2.45) is 0 Å². The molecule has 1 amide bonds. The van der Waals surface area contributed by atoms with Gasteiger partial charge in [-0.05, 0) is 60.9 Å². The molecular formula is C36H38F3N5O4. The van der Waals surface area contributed by atoms with Crippen LogP contribution in [0.15, 0.2) is 71.3 Å². The molecule has 2 aliphatic heterocycles. The molecule has 2 aliphatic rings. The normalized spacial score (nSPS) is 16.7. The van der Waals surface area contributed by atoms with E-state index in [0.717, 1.165) is 24.0 Å². The van der Waals surface area contributed by atoms with Crippen molar-refractivity contribution in [1.29, 1.82) is 0 Å². The first-order valence-corrected chi connectivity index (χ1v) is 16.1. The van der Waals surface area contributed by atoms with E-state index < -0.39 is 29.5 Å². The number of halogens is 3. The first kappa shape index (κ1) is 33.2. The van der Waals surface area contributed by atoms with E-state index in [4.69, 9.17) is 4.42 Å². The topological polar surface area (TPSA) is 103 Å². The number of pyridine rings is 1. The highest BCUT2D eigenvalue weighted by atomic mass is 19.4. The highest BCUT2D eigenvalue weighted by Gasteiger charge is 2.42. The number of alkyl halides is 3. The summed E-state index contributed by atoms with van der Waals surface area (Å²) in [6, 6.07) is 18.8. The third-order valence-corrected chi connectivity index (χ3v) is 9.23. The van der Waals surface area contributed by atoms with E-state index in [1.807, 2.05) is 55.1 Å². The van der Waals surface area contributed by atoms with E-state index in [9.17, 15) is 27.9 Å². The van der Waals surface area contributed by atoms with Crippen LogP contribution in [0.3, 0.4) is 0 Å². The first-order chi connectivity index (χ1) is 23.0. The quantitative estimate of drug-likeness (QED) is 0.233. The number of amides is 1. The summed E-state index contributed by atoms with van der Waals surface area (Å²) in [7, 11) is 0. The van der Waals surface area contributed by atoms with E-state index in [-0.39, 0.29) is 18.3 Å². The Bertz CT molecular complexity index is 1740. The molecular weight excluding hydrogens is 623 g/mol. The molecule has 2 aromatic carbocycles. The van der Waals surface area contributed by atoms with Crippen molar-refractivity contribution in [1.82, 2.24) is 14.9 Å². The summed E-state index contributed by atoms with van der Waals surface area (Å²) in [5.74, 6) is -1.07. The number of ketones is 1. The molecule has 9 nitrogen and oxygen atoms in total. The minimum absolute atomic E-state index is 0.190. The lowest BCUT2D eigenvalue weighted by atomic mass is 9.90. The van der Waals surface area contributed by atoms with Crippen molar-refractivity contribution in [3.8, 4) is 0 Å². The summed E-state index contributed by atoms with van der Waals surface area (Å²) in [5, 5.41) is 10.8. The lowest BCUT2D eigenvalue weighted by Gasteiger charge is -2.36. The molecule has 2 fully saturated rings. The third kappa shape index (κ3) is 7.23. The van der Waals surface area contributed by atoms with Gasteiger partial charge in [-0.1, -0.05) is 60.2 Å². The van der Waals surface area contributed by atoms with Crippen LogP contribution in [0, 0.1) is 13.8 Å². The Morgan fingerprint density at radius 2 is 1.65 bits per heavy atom. The number of hydrogen-bond acceptors (Lipinski definition) is 8. The van der Waals surface area contributed by atoms with Crippen LogP contribution in [-0.4, -0.2) is 70.9 Å². The second kappa shape index (κ2) is 13.8. The molecule has 1 atom stereocenters. The number of anilines is 2. The van der Waals surface area contributed by atoms with Gasteiger partial charge in [-0.15, -0.1) is 0 Å². The molecule has 1 unspecified atom stereocenters. The molecule has 0 saturated carbocycles. The molecule has 48 heavy (non-hydrogen) atoms. The van der Waals surface area contributed by atoms with Crippen LogP contribution >= 0.6 is 0 Å². The Balaban J connectivity index is 1.06. The largest absolute Gasteiger partial charge is 0.437 e. The van der Waals surface area contributed by atoms with Crippen LogP contribution in [0.1, 0.15) is 68.9 Å². The minimum atomic E-state index is -4.85. The Labute approximate surface area is 277 Å². The summed E-state index contributed by atoms with van der Waals surface area (Å²) in [5.41, 5.74) is 2.72. The summed E-state index contributed by atoms with van der Waals surface area (Å²) >= 11 is 0. The average Bonchev–Trinajstić information content (AvgIpc) is 3.57. The number of oxazole rings is 1. The van der Waals surface area contributed by atoms with Crippen LogP contribution in [-0.2, 0) is 17.4 Å². The zero-order chi connectivity index (χ0) is 34.0. The zero-order valence-electron chi connectivity index (χ0n) is 26.9. The fourth-order valence-electron chi connectivity index (χ4n) is 6.44. The van der Waals surface area contributed by atoms with Gasteiger partial charge in [-0.3, -0.25) is 9.59 Å². The van der Waals surface area contributed by atoms with Gasteiger partial charge in [-0.2, -0.15) is 18.2 Å². The predicted molar refractivity (Wildman–Crippen MR) is 174 cm³/mol. The molecule has 6 rings (SSSR count). The van der Waals surface area contributed by atoms with Crippen LogP contribution in [0.5, 0.6) is 0 Å². The molecule has 1 N–H and O–H groups in total. The van der Waals surface area contributed by atoms with E-state index in [2.05, 4.69) is 22.1 Å². The number of rotatable bonds is 8. The molecule has 252 valence electrons. The number of Topliss-reactive ketones (excluding diaryl/α,β-unsaturated/α-hetero) is 1. The van der Waals surface area contributed by atoms with Gasteiger partial charge >= 0.3 is 6.18 Å². The number of aliphatic hydroxyl groups excluding tert-OH is 1. The average molecular weight is 662 g/mol. The molecule has 4 heterocycles. The van der Waals surface area contributed by atoms with Crippen molar-refractivity contribution in [2.45, 2.75) is 51.3 Å². The van der Waals surface area contributed by atoms with Gasteiger partial charge in [0.1, 0.15) is 5.82 Å². The molecule has 4 aromatic rings. The van der Waals surface area contributed by atoms with Crippen molar-refractivity contribution in [2.75, 3.05) is 49.1 Å². The fraction of sp³-hybridized carbons (Fsp3) is 0.389. The number of benzene rings is 2. The molecule has 0 aliphatic carbocycles. The summed E-state index contributed by atoms with van der Waals surface area (Å²) in [4.78, 5) is 39.7. The molecule has 0 spiro atoms. The highest BCUT2D eigenvalue weighted by Crippen LogP contribution is 2.37. The van der Waals surface area contributed by atoms with E-state index >= 15 is 0 Å². The number of carbonyl (C=O) groups excluding carboxylic acids is 2. The van der Waals surface area contributed by atoms with Gasteiger partial charge in [-0.25, -0.2) is 4.98 Å². The number of aromatic nitrogens is 2. The number of piperidine rings is 1. The first-order valence-electron chi connectivity index (χ1n) is 16.1. The number of nitrogens with zero attached hydrogens (tertiary/aromatic N) is 5. The van der Waals surface area contributed by atoms with Crippen molar-refractivity contribution in [3.63, 3.8) is 0 Å². The number of piperazine rings is 1. The molecule has 2 aromatic heterocycles. The van der Waals surface area contributed by atoms with Crippen molar-refractivity contribution < 1.29 is 32.3 Å². The molecule has 0 bridgehead atoms. The van der Waals surface area contributed by atoms with Gasteiger partial charge < -0.3 is 24.2 Å². The van der Waals surface area contributed by atoms with Crippen LogP contribution < -0.4 is 9.80 Å². The smallest absolute Gasteiger partial charge is 0.420 e. The lowest BCUT2D eigenvalue weighted by molar-refractivity contribution is -0.142. The van der Waals surface area contributed by atoms with Crippen molar-refractivity contribution >= 4 is 23.5 Å². The maximum absolute atomic E-state index is 14.0. The Morgan fingerprint density at radius 3 is 2.29 bits per heavy atom. The van der Waals surface area contributed by atoms with Crippen LogP contribution in [0.25, 0.3) is 0 Å². The van der Waals surface area contributed by atoms with Gasteiger partial charge in [0, 0.05) is 51.9 Å². The zero-order valence-corrected chi connectivity index (χ0v) is 26.9. The van der Waals surface area contributed by atoms with Gasteiger partial charge in [0.2, 0.25) is 11.5 Å². The van der Waals surface area contributed by atoms with Crippen LogP contribution in [0.2, 0.25) is 0 Å². The number of aryl methyl sites for hydroxylation is 2. The van der Waals surface area contributed by atoms with Gasteiger partial charge in [0.15, 0.2) is 11.8 Å². The lowest BCUT2D eigenvalue weighted by Crippen LogP contribution is -2.50. The second-order valence-corrected chi connectivity index (χ2v) is 12.5. The Morgan fingerprint density at radius 1 is 0.938 bits per heavy atom. The van der Waals surface area contributed by atoms with E-state index in [0.29, 0.717) is 62.1 Å². The van der Waals surface area contributed by atoms with Gasteiger partial charge in [0.05, 0.1) is 0 Å². The number of hydrogen-bond donors (Lipinski definition) is 1. The minimum Gasteiger partial charge on any atom is -0.420 e. The molecule has 12 heteroatoms. The summed E-state index contributed by atoms with van der Waals surface area (Å²) < 4.78 is 47.4. The second-order valence-electron chi connectivity index (χ2n) is 12.5.